The lowest BCUT2D eigenvalue weighted by Crippen LogP contribution is -2.41. The molecule has 0 saturated carbocycles. The topological polar surface area (TPSA) is 50.8 Å². The highest BCUT2D eigenvalue weighted by Crippen LogP contribution is 2.24. The molecule has 0 bridgehead atoms. The summed E-state index contributed by atoms with van der Waals surface area (Å²) in [5.41, 5.74) is 2.17. The molecule has 1 aliphatic heterocycles. The van der Waals surface area contributed by atoms with Gasteiger partial charge in [0, 0.05) is 31.7 Å². The van der Waals surface area contributed by atoms with Gasteiger partial charge in [-0.15, -0.1) is 0 Å². The molecule has 1 aliphatic rings. The molecule has 5 heteroatoms. The third kappa shape index (κ3) is 5.52. The molecular weight excluding hydrogens is 292 g/mol. The Labute approximate surface area is 139 Å². The van der Waals surface area contributed by atoms with E-state index in [1.54, 1.807) is 7.11 Å². The zero-order valence-electron chi connectivity index (χ0n) is 14.4. The van der Waals surface area contributed by atoms with Crippen molar-refractivity contribution in [3.8, 4) is 5.75 Å². The Morgan fingerprint density at radius 3 is 2.74 bits per heavy atom. The molecule has 0 aliphatic carbocycles. The van der Waals surface area contributed by atoms with Crippen molar-refractivity contribution in [1.82, 2.24) is 10.2 Å². The second kappa shape index (κ2) is 8.89. The average molecular weight is 320 g/mol. The molecule has 23 heavy (non-hydrogen) atoms. The summed E-state index contributed by atoms with van der Waals surface area (Å²) < 4.78 is 10.7. The number of amides is 1. The normalized spacial score (nSPS) is 15.7. The number of rotatable bonds is 7. The van der Waals surface area contributed by atoms with Crippen LogP contribution >= 0.6 is 0 Å². The smallest absolute Gasteiger partial charge is 0.224 e. The number of nitrogens with zero attached hydrogens (tertiary/aromatic N) is 1. The van der Waals surface area contributed by atoms with Gasteiger partial charge in [-0.05, 0) is 17.5 Å². The van der Waals surface area contributed by atoms with Crippen LogP contribution in [-0.2, 0) is 16.0 Å². The fraction of sp³-hybridized carbons (Fsp3) is 0.611. The number of carbonyl (C=O) groups excluding carboxylic acids is 1. The first-order valence-corrected chi connectivity index (χ1v) is 8.33. The summed E-state index contributed by atoms with van der Waals surface area (Å²) >= 11 is 0. The van der Waals surface area contributed by atoms with Crippen molar-refractivity contribution in [3.63, 3.8) is 0 Å². The van der Waals surface area contributed by atoms with E-state index in [9.17, 15) is 4.79 Å². The number of hydrogen-bond acceptors (Lipinski definition) is 4. The summed E-state index contributed by atoms with van der Waals surface area (Å²) in [6.07, 6.45) is 0.354. The minimum absolute atomic E-state index is 0.0393. The van der Waals surface area contributed by atoms with E-state index in [0.29, 0.717) is 18.9 Å². The fourth-order valence-corrected chi connectivity index (χ4v) is 2.71. The van der Waals surface area contributed by atoms with Crippen LogP contribution in [0.5, 0.6) is 5.75 Å². The number of carbonyl (C=O) groups is 1. The van der Waals surface area contributed by atoms with Gasteiger partial charge in [0.15, 0.2) is 0 Å². The molecule has 1 N–H and O–H groups in total. The molecule has 0 radical (unpaired) electrons. The van der Waals surface area contributed by atoms with Gasteiger partial charge in [-0.3, -0.25) is 9.69 Å². The summed E-state index contributed by atoms with van der Waals surface area (Å²) in [5, 5.41) is 3.00. The quantitative estimate of drug-likeness (QED) is 0.832. The molecule has 1 fully saturated rings. The fourth-order valence-electron chi connectivity index (χ4n) is 2.71. The van der Waals surface area contributed by atoms with Crippen molar-refractivity contribution >= 4 is 5.91 Å². The van der Waals surface area contributed by atoms with Gasteiger partial charge in [0.25, 0.3) is 0 Å². The number of nitrogens with one attached hydrogen (secondary N) is 1. The lowest BCUT2D eigenvalue weighted by Gasteiger charge is -2.26. The number of morpholine rings is 1. The highest BCUT2D eigenvalue weighted by molar-refractivity contribution is 5.79. The van der Waals surface area contributed by atoms with Crippen molar-refractivity contribution in [2.24, 2.45) is 0 Å². The zero-order valence-corrected chi connectivity index (χ0v) is 14.4. The van der Waals surface area contributed by atoms with E-state index in [1.807, 2.05) is 6.07 Å². The van der Waals surface area contributed by atoms with Crippen LogP contribution in [0.4, 0.5) is 0 Å². The third-order valence-electron chi connectivity index (χ3n) is 4.18. The van der Waals surface area contributed by atoms with Crippen molar-refractivity contribution in [1.29, 1.82) is 0 Å². The van der Waals surface area contributed by atoms with Crippen LogP contribution in [0, 0.1) is 0 Å². The van der Waals surface area contributed by atoms with E-state index < -0.39 is 0 Å². The molecular formula is C18H28N2O3. The van der Waals surface area contributed by atoms with Gasteiger partial charge in [0.1, 0.15) is 5.75 Å². The Morgan fingerprint density at radius 1 is 1.35 bits per heavy atom. The Bertz CT molecular complexity index is 511. The molecule has 1 heterocycles. The van der Waals surface area contributed by atoms with Crippen molar-refractivity contribution in [2.75, 3.05) is 46.5 Å². The lowest BCUT2D eigenvalue weighted by atomic mass is 9.99. The number of benzene rings is 1. The predicted octanol–water partition coefficient (Wildman–Crippen LogP) is 1.81. The van der Waals surface area contributed by atoms with Gasteiger partial charge >= 0.3 is 0 Å². The average Bonchev–Trinajstić information content (AvgIpc) is 2.55. The Hall–Kier alpha value is -1.59. The van der Waals surface area contributed by atoms with Crippen LogP contribution < -0.4 is 10.1 Å². The Morgan fingerprint density at radius 2 is 2.09 bits per heavy atom. The van der Waals surface area contributed by atoms with E-state index in [0.717, 1.165) is 44.2 Å². The van der Waals surface area contributed by atoms with Gasteiger partial charge in [0.2, 0.25) is 5.91 Å². The van der Waals surface area contributed by atoms with Crippen LogP contribution in [0.15, 0.2) is 18.2 Å². The van der Waals surface area contributed by atoms with E-state index in [4.69, 9.17) is 9.47 Å². The van der Waals surface area contributed by atoms with E-state index in [2.05, 4.69) is 36.2 Å². The summed E-state index contributed by atoms with van der Waals surface area (Å²) in [6.45, 7) is 9.30. The highest BCUT2D eigenvalue weighted by atomic mass is 16.5. The Balaban J connectivity index is 1.85. The first-order valence-electron chi connectivity index (χ1n) is 8.33. The summed E-state index contributed by atoms with van der Waals surface area (Å²) in [4.78, 5) is 14.5. The number of ether oxygens (including phenoxy) is 2. The van der Waals surface area contributed by atoms with Gasteiger partial charge < -0.3 is 14.8 Å². The Kier molecular flexibility index (Phi) is 6.86. The maximum Gasteiger partial charge on any atom is 0.224 e. The lowest BCUT2D eigenvalue weighted by molar-refractivity contribution is -0.120. The predicted molar refractivity (Wildman–Crippen MR) is 91.1 cm³/mol. The SMILES string of the molecule is COc1ccc(C(C)C)cc1CC(=O)NCCN1CCOCC1. The van der Waals surface area contributed by atoms with E-state index in [1.165, 1.54) is 5.56 Å². The standard InChI is InChI=1S/C18H28N2O3/c1-14(2)15-4-5-17(22-3)16(12-15)13-18(21)19-6-7-20-8-10-23-11-9-20/h4-5,12,14H,6-11,13H2,1-3H3,(H,19,21). The van der Waals surface area contributed by atoms with Gasteiger partial charge in [-0.25, -0.2) is 0 Å². The zero-order chi connectivity index (χ0) is 16.7. The van der Waals surface area contributed by atoms with E-state index >= 15 is 0 Å². The molecule has 1 aromatic carbocycles. The van der Waals surface area contributed by atoms with Crippen LogP contribution in [0.25, 0.3) is 0 Å². The molecule has 0 aromatic heterocycles. The second-order valence-electron chi connectivity index (χ2n) is 6.21. The van der Waals surface area contributed by atoms with E-state index in [-0.39, 0.29) is 5.91 Å². The third-order valence-corrected chi connectivity index (χ3v) is 4.18. The molecule has 0 atom stereocenters. The summed E-state index contributed by atoms with van der Waals surface area (Å²) in [5.74, 6) is 1.25. The van der Waals surface area contributed by atoms with Crippen LogP contribution in [0.1, 0.15) is 30.9 Å². The molecule has 5 nitrogen and oxygen atoms in total. The summed E-state index contributed by atoms with van der Waals surface area (Å²) in [6, 6.07) is 6.08. The van der Waals surface area contributed by atoms with Gasteiger partial charge in [-0.2, -0.15) is 0 Å². The molecule has 128 valence electrons. The molecule has 1 amide bonds. The number of hydrogen-bond donors (Lipinski definition) is 1. The van der Waals surface area contributed by atoms with Crippen molar-refractivity contribution in [3.05, 3.63) is 29.3 Å². The highest BCUT2D eigenvalue weighted by Gasteiger charge is 2.13. The maximum absolute atomic E-state index is 12.2. The minimum Gasteiger partial charge on any atom is -0.496 e. The van der Waals surface area contributed by atoms with Crippen LogP contribution in [-0.4, -0.2) is 57.3 Å². The summed E-state index contributed by atoms with van der Waals surface area (Å²) in [7, 11) is 1.64. The van der Waals surface area contributed by atoms with Crippen molar-refractivity contribution < 1.29 is 14.3 Å². The van der Waals surface area contributed by atoms with Gasteiger partial charge in [0.05, 0.1) is 26.7 Å². The molecule has 2 rings (SSSR count). The first-order chi connectivity index (χ1) is 11.1. The maximum atomic E-state index is 12.2. The largest absolute Gasteiger partial charge is 0.496 e. The molecule has 1 saturated heterocycles. The molecule has 0 spiro atoms. The first kappa shape index (κ1) is 17.8. The number of methoxy groups -OCH3 is 1. The van der Waals surface area contributed by atoms with Crippen LogP contribution in [0.2, 0.25) is 0 Å². The van der Waals surface area contributed by atoms with Gasteiger partial charge in [-0.1, -0.05) is 26.0 Å². The van der Waals surface area contributed by atoms with Crippen molar-refractivity contribution in [2.45, 2.75) is 26.2 Å². The minimum atomic E-state index is 0.0393. The van der Waals surface area contributed by atoms with Crippen LogP contribution in [0.3, 0.4) is 0 Å². The molecule has 0 unspecified atom stereocenters. The monoisotopic (exact) mass is 320 g/mol. The molecule has 1 aromatic rings. The second-order valence-corrected chi connectivity index (χ2v) is 6.21.